The zero-order chi connectivity index (χ0) is 10.4. The van der Waals surface area contributed by atoms with Gasteiger partial charge in [-0.15, -0.1) is 0 Å². The number of hydrogen-bond acceptors (Lipinski definition) is 4. The minimum absolute atomic E-state index is 0.0359. The third kappa shape index (κ3) is 4.98. The lowest BCUT2D eigenvalue weighted by Crippen LogP contribution is -2.33. The monoisotopic (exact) mass is 189 g/mol. The number of ketones is 1. The third-order valence-electron chi connectivity index (χ3n) is 2.14. The fourth-order valence-corrected chi connectivity index (χ4v) is 1.02. The van der Waals surface area contributed by atoms with Crippen LogP contribution in [0.3, 0.4) is 0 Å². The molecule has 3 unspecified atom stereocenters. The Hall–Kier alpha value is -0.450. The summed E-state index contributed by atoms with van der Waals surface area (Å²) in [6.45, 7) is 3.21. The minimum atomic E-state index is -1.26. The Morgan fingerprint density at radius 3 is 2.31 bits per heavy atom. The van der Waals surface area contributed by atoms with E-state index in [-0.39, 0.29) is 6.04 Å². The summed E-state index contributed by atoms with van der Waals surface area (Å²) in [5, 5.41) is 18.4. The number of rotatable bonds is 6. The van der Waals surface area contributed by atoms with E-state index in [0.717, 1.165) is 6.42 Å². The van der Waals surface area contributed by atoms with Crippen LogP contribution in [-0.4, -0.2) is 34.2 Å². The van der Waals surface area contributed by atoms with E-state index < -0.39 is 18.0 Å². The molecule has 4 N–H and O–H groups in total. The van der Waals surface area contributed by atoms with Crippen molar-refractivity contribution in [3.8, 4) is 0 Å². The van der Waals surface area contributed by atoms with Crippen molar-refractivity contribution in [2.75, 3.05) is 0 Å². The van der Waals surface area contributed by atoms with Gasteiger partial charge in [0.2, 0.25) is 0 Å². The van der Waals surface area contributed by atoms with E-state index in [0.29, 0.717) is 12.8 Å². The maximum atomic E-state index is 10.7. The summed E-state index contributed by atoms with van der Waals surface area (Å²) < 4.78 is 0. The number of hydrogen-bond donors (Lipinski definition) is 3. The van der Waals surface area contributed by atoms with Crippen molar-refractivity contribution in [2.24, 2.45) is 5.73 Å². The predicted molar refractivity (Wildman–Crippen MR) is 50.2 cm³/mol. The Morgan fingerprint density at radius 1 is 1.38 bits per heavy atom. The largest absolute Gasteiger partial charge is 0.390 e. The fourth-order valence-electron chi connectivity index (χ4n) is 1.02. The quantitative estimate of drug-likeness (QED) is 0.541. The van der Waals surface area contributed by atoms with Gasteiger partial charge < -0.3 is 15.9 Å². The summed E-state index contributed by atoms with van der Waals surface area (Å²) in [6.07, 6.45) is -0.403. The van der Waals surface area contributed by atoms with Crippen LogP contribution in [0.2, 0.25) is 0 Å². The van der Waals surface area contributed by atoms with Crippen LogP contribution in [0.15, 0.2) is 0 Å². The van der Waals surface area contributed by atoms with Gasteiger partial charge in [-0.25, -0.2) is 0 Å². The van der Waals surface area contributed by atoms with Crippen LogP contribution in [0.5, 0.6) is 0 Å². The highest BCUT2D eigenvalue weighted by molar-refractivity contribution is 5.80. The third-order valence-corrected chi connectivity index (χ3v) is 2.14. The van der Waals surface area contributed by atoms with E-state index in [1.807, 2.05) is 6.92 Å². The molecule has 0 aliphatic heterocycles. The van der Waals surface area contributed by atoms with Crippen LogP contribution < -0.4 is 5.73 Å². The Balaban J connectivity index is 3.73. The van der Waals surface area contributed by atoms with Crippen molar-refractivity contribution in [1.82, 2.24) is 0 Å². The van der Waals surface area contributed by atoms with Crippen LogP contribution in [0.1, 0.15) is 33.1 Å². The SMILES string of the molecule is CCC(N)CCC(O)C(O)C(C)=O. The van der Waals surface area contributed by atoms with Gasteiger partial charge >= 0.3 is 0 Å². The van der Waals surface area contributed by atoms with Gasteiger partial charge in [0, 0.05) is 6.04 Å². The summed E-state index contributed by atoms with van der Waals surface area (Å²) in [5.41, 5.74) is 5.62. The minimum Gasteiger partial charge on any atom is -0.390 e. The maximum absolute atomic E-state index is 10.7. The van der Waals surface area contributed by atoms with Crippen molar-refractivity contribution in [3.05, 3.63) is 0 Å². The Labute approximate surface area is 78.7 Å². The average Bonchev–Trinajstić information content (AvgIpc) is 2.11. The Kier molecular flexibility index (Phi) is 5.86. The van der Waals surface area contributed by atoms with Crippen LogP contribution in [-0.2, 0) is 4.79 Å². The highest BCUT2D eigenvalue weighted by Gasteiger charge is 2.20. The summed E-state index contributed by atoms with van der Waals surface area (Å²) >= 11 is 0. The molecular formula is C9H19NO3. The number of Topliss-reactive ketones (excluding diaryl/α,β-unsaturated/α-hetero) is 1. The predicted octanol–water partition coefficient (Wildman–Crippen LogP) is -0.185. The molecule has 0 fully saturated rings. The van der Waals surface area contributed by atoms with Crippen molar-refractivity contribution in [3.63, 3.8) is 0 Å². The normalized spacial score (nSPS) is 17.9. The van der Waals surface area contributed by atoms with Gasteiger partial charge in [0.05, 0.1) is 6.10 Å². The first kappa shape index (κ1) is 12.6. The van der Waals surface area contributed by atoms with Crippen LogP contribution in [0.25, 0.3) is 0 Å². The molecule has 0 saturated carbocycles. The zero-order valence-electron chi connectivity index (χ0n) is 8.23. The molecule has 4 heteroatoms. The molecule has 13 heavy (non-hydrogen) atoms. The van der Waals surface area contributed by atoms with Crippen LogP contribution in [0.4, 0.5) is 0 Å². The summed E-state index contributed by atoms with van der Waals surface area (Å²) in [7, 11) is 0. The van der Waals surface area contributed by atoms with Gasteiger partial charge in [-0.2, -0.15) is 0 Å². The van der Waals surface area contributed by atoms with Crippen LogP contribution in [0, 0.1) is 0 Å². The van der Waals surface area contributed by atoms with E-state index in [4.69, 9.17) is 10.8 Å². The van der Waals surface area contributed by atoms with E-state index >= 15 is 0 Å². The molecule has 0 aromatic heterocycles. The van der Waals surface area contributed by atoms with E-state index in [2.05, 4.69) is 0 Å². The maximum Gasteiger partial charge on any atom is 0.160 e. The smallest absolute Gasteiger partial charge is 0.160 e. The van der Waals surface area contributed by atoms with Gasteiger partial charge in [-0.05, 0) is 26.2 Å². The number of aliphatic hydroxyl groups excluding tert-OH is 2. The standard InChI is InChI=1S/C9H19NO3/c1-3-7(10)4-5-8(12)9(13)6(2)11/h7-9,12-13H,3-5,10H2,1-2H3. The van der Waals surface area contributed by atoms with Crippen molar-refractivity contribution in [2.45, 2.75) is 51.4 Å². The van der Waals surface area contributed by atoms with Crippen molar-refractivity contribution < 1.29 is 15.0 Å². The molecule has 0 aromatic carbocycles. The molecule has 0 rings (SSSR count). The lowest BCUT2D eigenvalue weighted by atomic mass is 10.0. The number of aliphatic hydroxyl groups is 2. The molecule has 3 atom stereocenters. The molecule has 0 bridgehead atoms. The lowest BCUT2D eigenvalue weighted by Gasteiger charge is -2.16. The van der Waals surface area contributed by atoms with Gasteiger partial charge in [0.25, 0.3) is 0 Å². The van der Waals surface area contributed by atoms with Crippen LogP contribution >= 0.6 is 0 Å². The molecule has 0 heterocycles. The number of carbonyl (C=O) groups is 1. The first-order valence-electron chi connectivity index (χ1n) is 4.61. The molecule has 0 aromatic rings. The second-order valence-electron chi connectivity index (χ2n) is 3.37. The zero-order valence-corrected chi connectivity index (χ0v) is 8.23. The van der Waals surface area contributed by atoms with Gasteiger partial charge in [0.15, 0.2) is 5.78 Å². The van der Waals surface area contributed by atoms with Crippen molar-refractivity contribution in [1.29, 1.82) is 0 Å². The molecule has 0 amide bonds. The fraction of sp³-hybridized carbons (Fsp3) is 0.889. The highest BCUT2D eigenvalue weighted by atomic mass is 16.3. The molecule has 0 saturated heterocycles. The first-order chi connectivity index (χ1) is 5.99. The number of nitrogens with two attached hydrogens (primary N) is 1. The summed E-state index contributed by atoms with van der Waals surface area (Å²) in [6, 6.07) is 0.0359. The molecule has 0 aliphatic carbocycles. The molecule has 0 spiro atoms. The van der Waals surface area contributed by atoms with Gasteiger partial charge in [-0.3, -0.25) is 4.79 Å². The topological polar surface area (TPSA) is 83.6 Å². The molecular weight excluding hydrogens is 170 g/mol. The Bertz CT molecular complexity index is 161. The molecule has 4 nitrogen and oxygen atoms in total. The van der Waals surface area contributed by atoms with E-state index in [9.17, 15) is 9.90 Å². The first-order valence-corrected chi connectivity index (χ1v) is 4.61. The van der Waals surface area contributed by atoms with Crippen molar-refractivity contribution >= 4 is 5.78 Å². The second kappa shape index (κ2) is 6.07. The molecule has 0 radical (unpaired) electrons. The summed E-state index contributed by atoms with van der Waals surface area (Å²) in [4.78, 5) is 10.7. The molecule has 78 valence electrons. The average molecular weight is 189 g/mol. The lowest BCUT2D eigenvalue weighted by molar-refractivity contribution is -0.130. The Morgan fingerprint density at radius 2 is 1.92 bits per heavy atom. The van der Waals surface area contributed by atoms with Gasteiger partial charge in [-0.1, -0.05) is 6.92 Å². The van der Waals surface area contributed by atoms with E-state index in [1.165, 1.54) is 6.92 Å². The summed E-state index contributed by atoms with van der Waals surface area (Å²) in [5.74, 6) is -0.405. The van der Waals surface area contributed by atoms with E-state index in [1.54, 1.807) is 0 Å². The number of carbonyl (C=O) groups excluding carboxylic acids is 1. The molecule has 0 aliphatic rings. The second-order valence-corrected chi connectivity index (χ2v) is 3.37. The highest BCUT2D eigenvalue weighted by Crippen LogP contribution is 2.06. The van der Waals surface area contributed by atoms with Gasteiger partial charge in [0.1, 0.15) is 6.10 Å².